The van der Waals surface area contributed by atoms with Crippen LogP contribution in [0, 0.1) is 5.82 Å². The van der Waals surface area contributed by atoms with Crippen molar-refractivity contribution in [3.63, 3.8) is 0 Å². The summed E-state index contributed by atoms with van der Waals surface area (Å²) < 4.78 is 13.4. The number of piperidine rings is 1. The maximum absolute atomic E-state index is 13.4. The van der Waals surface area contributed by atoms with Gasteiger partial charge in [-0.05, 0) is 31.0 Å². The van der Waals surface area contributed by atoms with Crippen LogP contribution in [-0.2, 0) is 6.54 Å². The number of anilines is 1. The summed E-state index contributed by atoms with van der Waals surface area (Å²) in [5.74, 6) is -0.419. The molecule has 1 saturated heterocycles. The maximum atomic E-state index is 13.4. The van der Waals surface area contributed by atoms with Gasteiger partial charge in [0.2, 0.25) is 0 Å². The van der Waals surface area contributed by atoms with Gasteiger partial charge in [0.25, 0.3) is 5.91 Å². The van der Waals surface area contributed by atoms with Gasteiger partial charge in [-0.3, -0.25) is 4.79 Å². The monoisotopic (exact) mass is 334 g/mol. The minimum atomic E-state index is -0.245. The maximum Gasteiger partial charge on any atom is 0.271 e. The second-order valence-electron chi connectivity index (χ2n) is 5.57. The number of nitrogens with two attached hydrogens (primary N) is 1. The van der Waals surface area contributed by atoms with Crippen LogP contribution in [0.4, 0.5) is 10.1 Å². The quantitative estimate of drug-likeness (QED) is 0.899. The highest BCUT2D eigenvalue weighted by atomic mass is 32.1. The SMILES string of the molecule is NCc1nc(C(=O)NC2CCCN(c3cccc(F)c3)C2)cs1. The summed E-state index contributed by atoms with van der Waals surface area (Å²) in [5, 5.41) is 5.49. The molecule has 1 atom stereocenters. The van der Waals surface area contributed by atoms with Gasteiger partial charge in [0.05, 0.1) is 0 Å². The van der Waals surface area contributed by atoms with E-state index in [-0.39, 0.29) is 17.8 Å². The highest BCUT2D eigenvalue weighted by molar-refractivity contribution is 7.09. The molecule has 1 unspecified atom stereocenters. The third-order valence-corrected chi connectivity index (χ3v) is 4.76. The molecule has 0 radical (unpaired) electrons. The zero-order chi connectivity index (χ0) is 16.2. The van der Waals surface area contributed by atoms with Crippen molar-refractivity contribution in [1.82, 2.24) is 10.3 Å². The second kappa shape index (κ2) is 7.06. The summed E-state index contributed by atoms with van der Waals surface area (Å²) in [6.07, 6.45) is 1.86. The fraction of sp³-hybridized carbons (Fsp3) is 0.375. The number of halogens is 1. The van der Waals surface area contributed by atoms with Crippen LogP contribution < -0.4 is 16.0 Å². The van der Waals surface area contributed by atoms with Crippen LogP contribution in [0.5, 0.6) is 0 Å². The molecule has 0 saturated carbocycles. The number of nitrogens with zero attached hydrogens (tertiary/aromatic N) is 2. The third-order valence-electron chi connectivity index (χ3n) is 3.89. The number of aromatic nitrogens is 1. The average molecular weight is 334 g/mol. The average Bonchev–Trinajstić information content (AvgIpc) is 3.04. The first-order valence-corrected chi connectivity index (χ1v) is 8.49. The van der Waals surface area contributed by atoms with E-state index in [1.165, 1.54) is 23.5 Å². The van der Waals surface area contributed by atoms with Gasteiger partial charge in [0, 0.05) is 36.7 Å². The topological polar surface area (TPSA) is 71.2 Å². The molecular weight excluding hydrogens is 315 g/mol. The number of hydrogen-bond acceptors (Lipinski definition) is 5. The van der Waals surface area contributed by atoms with E-state index in [0.717, 1.165) is 30.1 Å². The Kier molecular flexibility index (Phi) is 4.88. The van der Waals surface area contributed by atoms with Gasteiger partial charge in [-0.1, -0.05) is 6.07 Å². The van der Waals surface area contributed by atoms with E-state index in [4.69, 9.17) is 5.73 Å². The smallest absolute Gasteiger partial charge is 0.271 e. The van der Waals surface area contributed by atoms with Crippen molar-refractivity contribution < 1.29 is 9.18 Å². The van der Waals surface area contributed by atoms with Crippen molar-refractivity contribution in [3.8, 4) is 0 Å². The van der Waals surface area contributed by atoms with E-state index >= 15 is 0 Å². The Bertz CT molecular complexity index is 690. The third kappa shape index (κ3) is 3.86. The number of carbonyl (C=O) groups is 1. The number of benzene rings is 1. The van der Waals surface area contributed by atoms with Crippen LogP contribution in [0.2, 0.25) is 0 Å². The van der Waals surface area contributed by atoms with Crippen molar-refractivity contribution in [2.45, 2.75) is 25.4 Å². The highest BCUT2D eigenvalue weighted by Gasteiger charge is 2.23. The molecule has 1 amide bonds. The normalized spacial score (nSPS) is 18.0. The van der Waals surface area contributed by atoms with E-state index in [9.17, 15) is 9.18 Å². The number of carbonyl (C=O) groups excluding carboxylic acids is 1. The molecule has 122 valence electrons. The van der Waals surface area contributed by atoms with Gasteiger partial charge in [-0.2, -0.15) is 0 Å². The van der Waals surface area contributed by atoms with E-state index in [1.54, 1.807) is 11.4 Å². The predicted octanol–water partition coefficient (Wildman–Crippen LogP) is 2.14. The molecule has 3 N–H and O–H groups in total. The Morgan fingerprint density at radius 1 is 1.52 bits per heavy atom. The molecule has 0 bridgehead atoms. The fourth-order valence-corrected chi connectivity index (χ4v) is 3.43. The van der Waals surface area contributed by atoms with Crippen molar-refractivity contribution >= 4 is 22.9 Å². The number of thiazole rings is 1. The minimum absolute atomic E-state index is 0.0301. The lowest BCUT2D eigenvalue weighted by molar-refractivity contribution is 0.0928. The van der Waals surface area contributed by atoms with Gasteiger partial charge in [-0.15, -0.1) is 11.3 Å². The Labute approximate surface area is 138 Å². The lowest BCUT2D eigenvalue weighted by atomic mass is 10.0. The standard InChI is InChI=1S/C16H19FN4OS/c17-11-3-1-5-13(7-11)21-6-2-4-12(9-21)19-16(22)14-10-23-15(8-18)20-14/h1,3,5,7,10,12H,2,4,6,8-9,18H2,(H,19,22). The summed E-state index contributed by atoms with van der Waals surface area (Å²) in [5.41, 5.74) is 6.79. The van der Waals surface area contributed by atoms with E-state index in [0.29, 0.717) is 18.8 Å². The zero-order valence-electron chi connectivity index (χ0n) is 12.7. The zero-order valence-corrected chi connectivity index (χ0v) is 13.5. The number of hydrogen-bond donors (Lipinski definition) is 2. The van der Waals surface area contributed by atoms with Crippen molar-refractivity contribution in [1.29, 1.82) is 0 Å². The molecule has 1 fully saturated rings. The van der Waals surface area contributed by atoms with Gasteiger partial charge >= 0.3 is 0 Å². The van der Waals surface area contributed by atoms with Gasteiger partial charge < -0.3 is 16.0 Å². The molecule has 3 rings (SSSR count). The lowest BCUT2D eigenvalue weighted by Gasteiger charge is -2.34. The van der Waals surface area contributed by atoms with Crippen LogP contribution >= 0.6 is 11.3 Å². The summed E-state index contributed by atoms with van der Waals surface area (Å²) in [6.45, 7) is 1.88. The molecule has 1 aromatic carbocycles. The molecular formula is C16H19FN4OS. The van der Waals surface area contributed by atoms with E-state index in [2.05, 4.69) is 15.2 Å². The lowest BCUT2D eigenvalue weighted by Crippen LogP contribution is -2.48. The number of amides is 1. The first-order valence-electron chi connectivity index (χ1n) is 7.61. The van der Waals surface area contributed by atoms with Crippen molar-refractivity contribution in [2.24, 2.45) is 5.73 Å². The molecule has 1 aromatic heterocycles. The molecule has 7 heteroatoms. The molecule has 23 heavy (non-hydrogen) atoms. The molecule has 0 spiro atoms. The van der Waals surface area contributed by atoms with E-state index < -0.39 is 0 Å². The predicted molar refractivity (Wildman–Crippen MR) is 89.1 cm³/mol. The highest BCUT2D eigenvalue weighted by Crippen LogP contribution is 2.21. The van der Waals surface area contributed by atoms with Crippen molar-refractivity contribution in [3.05, 3.63) is 46.2 Å². The van der Waals surface area contributed by atoms with E-state index in [1.807, 2.05) is 6.07 Å². The molecule has 2 aromatic rings. The molecule has 1 aliphatic rings. The first-order chi connectivity index (χ1) is 11.2. The Morgan fingerprint density at radius 2 is 2.39 bits per heavy atom. The second-order valence-corrected chi connectivity index (χ2v) is 6.51. The van der Waals surface area contributed by atoms with Crippen LogP contribution in [0.1, 0.15) is 28.3 Å². The molecule has 0 aliphatic carbocycles. The van der Waals surface area contributed by atoms with Crippen LogP contribution in [0.3, 0.4) is 0 Å². The number of rotatable bonds is 4. The largest absolute Gasteiger partial charge is 0.369 e. The summed E-state index contributed by atoms with van der Waals surface area (Å²) in [4.78, 5) is 18.6. The van der Waals surface area contributed by atoms with Crippen LogP contribution in [0.15, 0.2) is 29.6 Å². The van der Waals surface area contributed by atoms with Gasteiger partial charge in [0.15, 0.2) is 0 Å². The summed E-state index contributed by atoms with van der Waals surface area (Å²) in [6, 6.07) is 6.59. The fourth-order valence-electron chi connectivity index (χ4n) is 2.77. The van der Waals surface area contributed by atoms with Crippen LogP contribution in [-0.4, -0.2) is 30.0 Å². The first kappa shape index (κ1) is 15.9. The Morgan fingerprint density at radius 3 is 3.13 bits per heavy atom. The molecule has 2 heterocycles. The summed E-state index contributed by atoms with van der Waals surface area (Å²) in [7, 11) is 0. The Hall–Kier alpha value is -1.99. The molecule has 5 nitrogen and oxygen atoms in total. The molecule has 1 aliphatic heterocycles. The number of nitrogens with one attached hydrogen (secondary N) is 1. The van der Waals surface area contributed by atoms with Crippen molar-refractivity contribution in [2.75, 3.05) is 18.0 Å². The summed E-state index contributed by atoms with van der Waals surface area (Å²) >= 11 is 1.39. The van der Waals surface area contributed by atoms with Gasteiger partial charge in [-0.25, -0.2) is 9.37 Å². The van der Waals surface area contributed by atoms with Crippen LogP contribution in [0.25, 0.3) is 0 Å². The Balaban J connectivity index is 1.63. The van der Waals surface area contributed by atoms with Gasteiger partial charge in [0.1, 0.15) is 16.5 Å². The minimum Gasteiger partial charge on any atom is -0.369 e.